The first-order valence-electron chi connectivity index (χ1n) is 7.52. The SMILES string of the molecule is CCC1(C)CN(Cc2ccncc2Cl)C(C(C)C)CN1. The van der Waals surface area contributed by atoms with Gasteiger partial charge in [-0.15, -0.1) is 0 Å². The van der Waals surface area contributed by atoms with E-state index in [4.69, 9.17) is 11.6 Å². The molecular weight excluding hydrogens is 270 g/mol. The molecule has 2 rings (SSSR count). The summed E-state index contributed by atoms with van der Waals surface area (Å²) in [6, 6.07) is 2.59. The number of halogens is 1. The summed E-state index contributed by atoms with van der Waals surface area (Å²) >= 11 is 6.27. The molecular formula is C16H26ClN3. The van der Waals surface area contributed by atoms with Crippen LogP contribution in [0.1, 0.15) is 39.7 Å². The second-order valence-corrected chi connectivity index (χ2v) is 6.89. The van der Waals surface area contributed by atoms with Crippen LogP contribution in [0.3, 0.4) is 0 Å². The highest BCUT2D eigenvalue weighted by Crippen LogP contribution is 2.26. The number of nitrogens with zero attached hydrogens (tertiary/aromatic N) is 2. The molecule has 1 aliphatic heterocycles. The van der Waals surface area contributed by atoms with Gasteiger partial charge in [0.25, 0.3) is 0 Å². The number of piperazine rings is 1. The number of hydrogen-bond acceptors (Lipinski definition) is 3. The highest BCUT2D eigenvalue weighted by molar-refractivity contribution is 6.31. The van der Waals surface area contributed by atoms with Crippen molar-refractivity contribution < 1.29 is 0 Å². The molecule has 2 unspecified atom stereocenters. The molecule has 1 fully saturated rings. The monoisotopic (exact) mass is 295 g/mol. The van der Waals surface area contributed by atoms with E-state index < -0.39 is 0 Å². The van der Waals surface area contributed by atoms with Crippen LogP contribution in [0, 0.1) is 5.92 Å². The molecule has 0 aromatic carbocycles. The zero-order valence-corrected chi connectivity index (χ0v) is 13.7. The molecule has 4 heteroatoms. The van der Waals surface area contributed by atoms with Crippen molar-refractivity contribution in [3.8, 4) is 0 Å². The van der Waals surface area contributed by atoms with E-state index in [-0.39, 0.29) is 5.54 Å². The van der Waals surface area contributed by atoms with E-state index in [0.717, 1.165) is 31.1 Å². The van der Waals surface area contributed by atoms with Crippen LogP contribution in [0.25, 0.3) is 0 Å². The van der Waals surface area contributed by atoms with Crippen molar-refractivity contribution >= 4 is 11.6 Å². The van der Waals surface area contributed by atoms with Crippen LogP contribution in [0.15, 0.2) is 18.5 Å². The first-order valence-corrected chi connectivity index (χ1v) is 7.90. The summed E-state index contributed by atoms with van der Waals surface area (Å²) in [6.45, 7) is 12.2. The standard InChI is InChI=1S/C16H26ClN3/c1-5-16(4)11-20(15(9-19-16)12(2)3)10-13-6-7-18-8-14(13)17/h6-8,12,15,19H,5,9-11H2,1-4H3. The molecule has 3 nitrogen and oxygen atoms in total. The van der Waals surface area contributed by atoms with Crippen molar-refractivity contribution in [2.75, 3.05) is 13.1 Å². The van der Waals surface area contributed by atoms with Crippen LogP contribution in [-0.4, -0.2) is 34.6 Å². The average Bonchev–Trinajstić information content (AvgIpc) is 2.41. The van der Waals surface area contributed by atoms with Gasteiger partial charge in [0.05, 0.1) is 5.02 Å². The van der Waals surface area contributed by atoms with E-state index >= 15 is 0 Å². The van der Waals surface area contributed by atoms with Gasteiger partial charge in [0.1, 0.15) is 0 Å². The zero-order chi connectivity index (χ0) is 14.8. The maximum atomic E-state index is 6.27. The first kappa shape index (κ1) is 15.7. The summed E-state index contributed by atoms with van der Waals surface area (Å²) in [5.41, 5.74) is 1.37. The molecule has 1 aliphatic rings. The molecule has 1 aromatic heterocycles. The fourth-order valence-electron chi connectivity index (χ4n) is 2.92. The highest BCUT2D eigenvalue weighted by atomic mass is 35.5. The molecule has 0 spiro atoms. The summed E-state index contributed by atoms with van der Waals surface area (Å²) in [4.78, 5) is 6.65. The molecule has 0 bridgehead atoms. The number of hydrogen-bond donors (Lipinski definition) is 1. The Hall–Kier alpha value is -0.640. The lowest BCUT2D eigenvalue weighted by molar-refractivity contribution is 0.0539. The Bertz CT molecular complexity index is 449. The highest BCUT2D eigenvalue weighted by Gasteiger charge is 2.35. The maximum absolute atomic E-state index is 6.27. The van der Waals surface area contributed by atoms with Crippen LogP contribution in [0.4, 0.5) is 0 Å². The molecule has 1 saturated heterocycles. The second kappa shape index (κ2) is 6.42. The fraction of sp³-hybridized carbons (Fsp3) is 0.688. The van der Waals surface area contributed by atoms with Crippen molar-refractivity contribution in [2.45, 2.75) is 52.2 Å². The normalized spacial score (nSPS) is 28.0. The molecule has 0 aliphatic carbocycles. The van der Waals surface area contributed by atoms with Crippen LogP contribution in [0.2, 0.25) is 5.02 Å². The third-order valence-corrected chi connectivity index (χ3v) is 4.88. The Morgan fingerprint density at radius 3 is 2.90 bits per heavy atom. The Morgan fingerprint density at radius 1 is 1.55 bits per heavy atom. The van der Waals surface area contributed by atoms with E-state index in [0.29, 0.717) is 12.0 Å². The molecule has 0 amide bonds. The van der Waals surface area contributed by atoms with Crippen LogP contribution >= 0.6 is 11.6 Å². The fourth-order valence-corrected chi connectivity index (χ4v) is 3.10. The molecule has 112 valence electrons. The van der Waals surface area contributed by atoms with E-state index in [1.165, 1.54) is 5.56 Å². The quantitative estimate of drug-likeness (QED) is 0.923. The molecule has 20 heavy (non-hydrogen) atoms. The van der Waals surface area contributed by atoms with E-state index in [9.17, 15) is 0 Å². The van der Waals surface area contributed by atoms with Crippen LogP contribution < -0.4 is 5.32 Å². The number of pyridine rings is 1. The van der Waals surface area contributed by atoms with Crippen LogP contribution in [-0.2, 0) is 6.54 Å². The summed E-state index contributed by atoms with van der Waals surface area (Å²) in [5.74, 6) is 0.629. The lowest BCUT2D eigenvalue weighted by atomic mass is 9.89. The Balaban J connectivity index is 2.18. The third kappa shape index (κ3) is 3.51. The Morgan fingerprint density at radius 2 is 2.30 bits per heavy atom. The topological polar surface area (TPSA) is 28.2 Å². The number of nitrogens with one attached hydrogen (secondary N) is 1. The van der Waals surface area contributed by atoms with Gasteiger partial charge >= 0.3 is 0 Å². The summed E-state index contributed by atoms with van der Waals surface area (Å²) in [7, 11) is 0. The van der Waals surface area contributed by atoms with Crippen molar-refractivity contribution in [1.29, 1.82) is 0 Å². The van der Waals surface area contributed by atoms with Gasteiger partial charge in [-0.3, -0.25) is 9.88 Å². The molecule has 0 saturated carbocycles. The van der Waals surface area contributed by atoms with E-state index in [1.807, 2.05) is 12.3 Å². The van der Waals surface area contributed by atoms with Crippen molar-refractivity contribution in [3.63, 3.8) is 0 Å². The number of rotatable bonds is 4. The van der Waals surface area contributed by atoms with Crippen molar-refractivity contribution in [1.82, 2.24) is 15.2 Å². The minimum absolute atomic E-state index is 0.199. The van der Waals surface area contributed by atoms with Crippen LogP contribution in [0.5, 0.6) is 0 Å². The van der Waals surface area contributed by atoms with E-state index in [2.05, 4.69) is 42.9 Å². The average molecular weight is 296 g/mol. The van der Waals surface area contributed by atoms with Gasteiger partial charge in [0, 0.05) is 43.6 Å². The Kier molecular flexibility index (Phi) is 5.05. The van der Waals surface area contributed by atoms with Gasteiger partial charge in [0.2, 0.25) is 0 Å². The van der Waals surface area contributed by atoms with E-state index in [1.54, 1.807) is 6.20 Å². The van der Waals surface area contributed by atoms with Gasteiger partial charge in [0.15, 0.2) is 0 Å². The lowest BCUT2D eigenvalue weighted by Crippen LogP contribution is -2.63. The smallest absolute Gasteiger partial charge is 0.0634 e. The van der Waals surface area contributed by atoms with Gasteiger partial charge in [-0.2, -0.15) is 0 Å². The third-order valence-electron chi connectivity index (χ3n) is 4.54. The number of aromatic nitrogens is 1. The van der Waals surface area contributed by atoms with Gasteiger partial charge in [-0.05, 0) is 30.9 Å². The van der Waals surface area contributed by atoms with Gasteiger partial charge in [-0.1, -0.05) is 32.4 Å². The maximum Gasteiger partial charge on any atom is 0.0634 e. The lowest BCUT2D eigenvalue weighted by Gasteiger charge is -2.47. The predicted octanol–water partition coefficient (Wildman–Crippen LogP) is 3.33. The molecule has 2 atom stereocenters. The molecule has 1 N–H and O–H groups in total. The zero-order valence-electron chi connectivity index (χ0n) is 13.0. The minimum Gasteiger partial charge on any atom is -0.309 e. The molecule has 0 radical (unpaired) electrons. The second-order valence-electron chi connectivity index (χ2n) is 6.48. The Labute approximate surface area is 127 Å². The van der Waals surface area contributed by atoms with Gasteiger partial charge in [-0.25, -0.2) is 0 Å². The largest absolute Gasteiger partial charge is 0.309 e. The molecule has 2 heterocycles. The summed E-state index contributed by atoms with van der Waals surface area (Å²) in [5, 5.41) is 4.49. The van der Waals surface area contributed by atoms with Crippen molar-refractivity contribution in [2.24, 2.45) is 5.92 Å². The summed E-state index contributed by atoms with van der Waals surface area (Å²) < 4.78 is 0. The predicted molar refractivity (Wildman–Crippen MR) is 85.0 cm³/mol. The van der Waals surface area contributed by atoms with Gasteiger partial charge < -0.3 is 5.32 Å². The van der Waals surface area contributed by atoms with Crippen molar-refractivity contribution in [3.05, 3.63) is 29.0 Å². The summed E-state index contributed by atoms with van der Waals surface area (Å²) in [6.07, 6.45) is 4.70. The first-order chi connectivity index (χ1) is 9.45. The minimum atomic E-state index is 0.199. The molecule has 1 aromatic rings.